The average molecular weight is 365 g/mol. The van der Waals surface area contributed by atoms with Crippen molar-refractivity contribution in [3.05, 3.63) is 51.5 Å². The Morgan fingerprint density at radius 3 is 2.71 bits per heavy atom. The third-order valence-electron chi connectivity index (χ3n) is 3.06. The summed E-state index contributed by atoms with van der Waals surface area (Å²) >= 11 is 9.66. The zero-order chi connectivity index (χ0) is 15.0. The van der Waals surface area contributed by atoms with Crippen LogP contribution in [0, 0.1) is 6.92 Å². The van der Waals surface area contributed by atoms with Gasteiger partial charge < -0.3 is 5.73 Å². The van der Waals surface area contributed by atoms with Crippen molar-refractivity contribution in [3.63, 3.8) is 0 Å². The maximum Gasteiger partial charge on any atom is 0.187 e. The van der Waals surface area contributed by atoms with E-state index >= 15 is 0 Å². The molecule has 0 atom stereocenters. The molecule has 2 aromatic carbocycles. The van der Waals surface area contributed by atoms with Gasteiger partial charge in [0.1, 0.15) is 0 Å². The van der Waals surface area contributed by atoms with Crippen LogP contribution in [0.2, 0.25) is 5.02 Å². The van der Waals surface area contributed by atoms with Gasteiger partial charge in [-0.25, -0.2) is 0 Å². The topological polar surface area (TPSA) is 69.6 Å². The first kappa shape index (κ1) is 14.0. The molecule has 7 heteroatoms. The van der Waals surface area contributed by atoms with Crippen molar-refractivity contribution in [2.24, 2.45) is 0 Å². The van der Waals surface area contributed by atoms with Crippen LogP contribution in [-0.2, 0) is 0 Å². The molecule has 0 unspecified atom stereocenters. The third kappa shape index (κ3) is 2.64. The molecule has 0 radical (unpaired) electrons. The maximum atomic E-state index is 6.29. The Labute approximate surface area is 134 Å². The van der Waals surface area contributed by atoms with E-state index < -0.39 is 0 Å². The molecule has 0 saturated heterocycles. The minimum atomic E-state index is 0.583. The smallest absolute Gasteiger partial charge is 0.187 e. The summed E-state index contributed by atoms with van der Waals surface area (Å²) in [5.41, 5.74) is 9.15. The first-order valence-electron chi connectivity index (χ1n) is 6.16. The first-order valence-corrected chi connectivity index (χ1v) is 7.33. The van der Waals surface area contributed by atoms with Crippen LogP contribution in [0.3, 0.4) is 0 Å². The Bertz CT molecular complexity index is 815. The quantitative estimate of drug-likeness (QED) is 0.705. The molecule has 2 N–H and O–H groups in total. The minimum Gasteiger partial charge on any atom is -0.398 e. The van der Waals surface area contributed by atoms with Gasteiger partial charge in [-0.15, -0.1) is 5.10 Å². The van der Waals surface area contributed by atoms with Crippen molar-refractivity contribution in [2.75, 3.05) is 5.73 Å². The molecule has 0 aliphatic heterocycles. The van der Waals surface area contributed by atoms with Crippen molar-refractivity contribution in [1.82, 2.24) is 20.2 Å². The second-order valence-electron chi connectivity index (χ2n) is 4.61. The van der Waals surface area contributed by atoms with Gasteiger partial charge in [-0.05, 0) is 69.2 Å². The molecule has 0 fully saturated rings. The fourth-order valence-electron chi connectivity index (χ4n) is 2.00. The Morgan fingerprint density at radius 1 is 1.19 bits per heavy atom. The number of nitrogen functional groups attached to an aromatic ring is 1. The molecule has 0 bridgehead atoms. The molecule has 0 saturated carbocycles. The summed E-state index contributed by atoms with van der Waals surface area (Å²) in [4.78, 5) is 0. The molecule has 0 aliphatic rings. The van der Waals surface area contributed by atoms with E-state index in [1.54, 1.807) is 4.68 Å². The van der Waals surface area contributed by atoms with E-state index in [9.17, 15) is 0 Å². The SMILES string of the molecule is Cc1ccc(-n2nnnc2-c2ccc(Br)c(N)c2)c(Cl)c1. The molecule has 1 heterocycles. The standard InChI is InChI=1S/C14H11BrClN5/c1-8-2-5-13(11(16)6-8)21-14(18-19-20-21)9-3-4-10(15)12(17)7-9/h2-7H,17H2,1H3. The van der Waals surface area contributed by atoms with E-state index in [0.717, 1.165) is 21.3 Å². The van der Waals surface area contributed by atoms with Crippen LogP contribution in [-0.4, -0.2) is 20.2 Å². The Kier molecular flexibility index (Phi) is 3.65. The lowest BCUT2D eigenvalue weighted by Crippen LogP contribution is -2.01. The van der Waals surface area contributed by atoms with Gasteiger partial charge in [0, 0.05) is 15.7 Å². The van der Waals surface area contributed by atoms with Crippen LogP contribution in [0.25, 0.3) is 17.1 Å². The van der Waals surface area contributed by atoms with Crippen LogP contribution >= 0.6 is 27.5 Å². The second kappa shape index (κ2) is 5.46. The number of aromatic nitrogens is 4. The highest BCUT2D eigenvalue weighted by molar-refractivity contribution is 9.10. The van der Waals surface area contributed by atoms with Crippen LogP contribution in [0.4, 0.5) is 5.69 Å². The molecule has 3 rings (SSSR count). The summed E-state index contributed by atoms with van der Waals surface area (Å²) in [7, 11) is 0. The van der Waals surface area contributed by atoms with Crippen molar-refractivity contribution in [3.8, 4) is 17.1 Å². The lowest BCUT2D eigenvalue weighted by atomic mass is 10.2. The monoisotopic (exact) mass is 363 g/mol. The van der Waals surface area contributed by atoms with E-state index in [1.807, 2.05) is 43.3 Å². The number of anilines is 1. The predicted octanol–water partition coefficient (Wildman–Crippen LogP) is 3.64. The highest BCUT2D eigenvalue weighted by Crippen LogP contribution is 2.28. The van der Waals surface area contributed by atoms with Gasteiger partial charge in [0.2, 0.25) is 0 Å². The normalized spacial score (nSPS) is 10.8. The Balaban J connectivity index is 2.14. The summed E-state index contributed by atoms with van der Waals surface area (Å²) in [5, 5.41) is 12.4. The molecular formula is C14H11BrClN5. The molecular weight excluding hydrogens is 354 g/mol. The highest BCUT2D eigenvalue weighted by Gasteiger charge is 2.14. The molecule has 1 aromatic heterocycles. The van der Waals surface area contributed by atoms with Crippen LogP contribution in [0.5, 0.6) is 0 Å². The molecule has 5 nitrogen and oxygen atoms in total. The highest BCUT2D eigenvalue weighted by atomic mass is 79.9. The lowest BCUT2D eigenvalue weighted by molar-refractivity contribution is 0.791. The van der Waals surface area contributed by atoms with Gasteiger partial charge in [0.25, 0.3) is 0 Å². The summed E-state index contributed by atoms with van der Waals surface area (Å²) in [6.45, 7) is 1.98. The van der Waals surface area contributed by atoms with Gasteiger partial charge >= 0.3 is 0 Å². The number of rotatable bonds is 2. The van der Waals surface area contributed by atoms with Gasteiger partial charge in [-0.2, -0.15) is 4.68 Å². The van der Waals surface area contributed by atoms with Gasteiger partial charge in [-0.1, -0.05) is 17.7 Å². The predicted molar refractivity (Wildman–Crippen MR) is 86.4 cm³/mol. The maximum absolute atomic E-state index is 6.29. The number of hydrogen-bond acceptors (Lipinski definition) is 4. The molecule has 0 aliphatic carbocycles. The zero-order valence-electron chi connectivity index (χ0n) is 11.1. The van der Waals surface area contributed by atoms with E-state index in [4.69, 9.17) is 17.3 Å². The number of nitrogens with two attached hydrogens (primary N) is 1. The molecule has 106 valence electrons. The number of benzene rings is 2. The van der Waals surface area contributed by atoms with Gasteiger partial charge in [0.05, 0.1) is 10.7 Å². The average Bonchev–Trinajstić information content (AvgIpc) is 2.91. The van der Waals surface area contributed by atoms with Gasteiger partial charge in [0.15, 0.2) is 5.82 Å². The van der Waals surface area contributed by atoms with E-state index in [1.165, 1.54) is 0 Å². The minimum absolute atomic E-state index is 0.583. The Hall–Kier alpha value is -1.92. The first-order chi connectivity index (χ1) is 10.1. The van der Waals surface area contributed by atoms with Crippen molar-refractivity contribution >= 4 is 33.2 Å². The molecule has 0 amide bonds. The third-order valence-corrected chi connectivity index (χ3v) is 4.08. The number of hydrogen-bond donors (Lipinski definition) is 1. The molecule has 21 heavy (non-hydrogen) atoms. The van der Waals surface area contributed by atoms with Crippen molar-refractivity contribution in [2.45, 2.75) is 6.92 Å². The summed E-state index contributed by atoms with van der Waals surface area (Å²) in [5.74, 6) is 0.583. The number of halogens is 2. The van der Waals surface area contributed by atoms with Crippen LogP contribution in [0.1, 0.15) is 5.56 Å². The van der Waals surface area contributed by atoms with Crippen LogP contribution < -0.4 is 5.73 Å². The fourth-order valence-corrected chi connectivity index (χ4v) is 2.56. The van der Waals surface area contributed by atoms with E-state index in [2.05, 4.69) is 31.5 Å². The summed E-state index contributed by atoms with van der Waals surface area (Å²) in [6, 6.07) is 11.3. The molecule has 0 spiro atoms. The number of tetrazole rings is 1. The van der Waals surface area contributed by atoms with E-state index in [-0.39, 0.29) is 0 Å². The number of nitrogens with zero attached hydrogens (tertiary/aromatic N) is 4. The zero-order valence-corrected chi connectivity index (χ0v) is 13.4. The van der Waals surface area contributed by atoms with Gasteiger partial charge in [-0.3, -0.25) is 0 Å². The van der Waals surface area contributed by atoms with Crippen molar-refractivity contribution in [1.29, 1.82) is 0 Å². The molecule has 3 aromatic rings. The van der Waals surface area contributed by atoms with E-state index in [0.29, 0.717) is 16.5 Å². The fraction of sp³-hybridized carbons (Fsp3) is 0.0714. The number of aryl methyl sites for hydroxylation is 1. The van der Waals surface area contributed by atoms with Crippen molar-refractivity contribution < 1.29 is 0 Å². The Morgan fingerprint density at radius 2 is 2.00 bits per heavy atom. The largest absolute Gasteiger partial charge is 0.398 e. The lowest BCUT2D eigenvalue weighted by Gasteiger charge is -2.08. The second-order valence-corrected chi connectivity index (χ2v) is 5.87. The van der Waals surface area contributed by atoms with Crippen LogP contribution in [0.15, 0.2) is 40.9 Å². The summed E-state index contributed by atoms with van der Waals surface area (Å²) < 4.78 is 2.43. The summed E-state index contributed by atoms with van der Waals surface area (Å²) in [6.07, 6.45) is 0.